The number of carbonyl (C=O) groups is 1. The Labute approximate surface area is 269 Å². The van der Waals surface area contributed by atoms with Gasteiger partial charge in [-0.3, -0.25) is 4.79 Å². The van der Waals surface area contributed by atoms with E-state index < -0.39 is 0 Å². The second-order valence-electron chi connectivity index (χ2n) is 11.8. The molecule has 6 aliphatic rings. The molecule has 2 N–H and O–H groups in total. The van der Waals surface area contributed by atoms with Crippen LogP contribution >= 0.6 is 31.9 Å². The number of carbonyl (C=O) groups excluding carboxylic acids is 1. The molecule has 1 unspecified atom stereocenters. The van der Waals surface area contributed by atoms with Crippen molar-refractivity contribution in [2.24, 2.45) is 26.8 Å². The number of allylic oxidation sites excluding steroid dienone is 12. The van der Waals surface area contributed by atoms with Gasteiger partial charge < -0.3 is 15.2 Å². The number of hydrogen-bond acceptors (Lipinski definition) is 7. The molecule has 8 bridgehead atoms. The summed E-state index contributed by atoms with van der Waals surface area (Å²) in [6.07, 6.45) is 8.49. The lowest BCUT2D eigenvalue weighted by atomic mass is 9.86. The molecule has 0 saturated carbocycles. The van der Waals surface area contributed by atoms with Crippen LogP contribution in [0.5, 0.6) is 0 Å². The van der Waals surface area contributed by atoms with Gasteiger partial charge in [-0.05, 0) is 79.7 Å². The standard InChI is InChI=1S/C34H36Br2N4O3/c1-7-19-15(2)23-13-28-31(22(36)14-35)17(4)25(38-28)11-24-16(3)20(8-9-30(42)43-6)33(39-24)21-10-29(41)32-18(5)26(40-34(21)32)12-27(19)37-23/h11-13,16,20,22,39,41H,7-10,14H2,1-6H3/t16-,20-,22?/m0/s1. The van der Waals surface area contributed by atoms with E-state index in [1.54, 1.807) is 0 Å². The largest absolute Gasteiger partial charge is 0.511 e. The van der Waals surface area contributed by atoms with E-state index in [9.17, 15) is 9.90 Å². The highest BCUT2D eigenvalue weighted by Gasteiger charge is 2.41. The molecule has 5 aliphatic heterocycles. The van der Waals surface area contributed by atoms with Crippen molar-refractivity contribution in [3.63, 3.8) is 0 Å². The zero-order valence-electron chi connectivity index (χ0n) is 25.4. The number of methoxy groups -OCH3 is 1. The lowest BCUT2D eigenvalue weighted by Gasteiger charge is -2.17. The average molecular weight is 708 g/mol. The summed E-state index contributed by atoms with van der Waals surface area (Å²) in [6, 6.07) is 0. The highest BCUT2D eigenvalue weighted by Crippen LogP contribution is 2.46. The van der Waals surface area contributed by atoms with E-state index in [2.05, 4.69) is 83.1 Å². The molecular weight excluding hydrogens is 672 g/mol. The topological polar surface area (TPSA) is 95.6 Å². The molecule has 1 saturated heterocycles. The van der Waals surface area contributed by atoms with Crippen LogP contribution in [0.15, 0.2) is 106 Å². The van der Waals surface area contributed by atoms with Crippen LogP contribution < -0.4 is 5.32 Å². The predicted octanol–water partition coefficient (Wildman–Crippen LogP) is 7.77. The average Bonchev–Trinajstić information content (AvgIpc) is 3.74. The van der Waals surface area contributed by atoms with Crippen molar-refractivity contribution in [2.45, 2.75) is 65.1 Å². The third-order valence-electron chi connectivity index (χ3n) is 9.44. The quantitative estimate of drug-likeness (QED) is 0.218. The highest BCUT2D eigenvalue weighted by atomic mass is 79.9. The first-order valence-electron chi connectivity index (χ1n) is 14.8. The van der Waals surface area contributed by atoms with Gasteiger partial charge in [-0.2, -0.15) is 0 Å². The van der Waals surface area contributed by atoms with Gasteiger partial charge in [0.1, 0.15) is 5.76 Å². The summed E-state index contributed by atoms with van der Waals surface area (Å²) < 4.78 is 4.99. The fraction of sp³-hybridized carbons (Fsp3) is 0.412. The summed E-state index contributed by atoms with van der Waals surface area (Å²) in [5.74, 6) is 0.221. The van der Waals surface area contributed by atoms with Gasteiger partial charge in [0, 0.05) is 52.5 Å². The Morgan fingerprint density at radius 2 is 1.81 bits per heavy atom. The molecule has 6 rings (SSSR count). The lowest BCUT2D eigenvalue weighted by Crippen LogP contribution is -2.16. The molecule has 1 fully saturated rings. The molecule has 7 nitrogen and oxygen atoms in total. The fourth-order valence-electron chi connectivity index (χ4n) is 6.97. The molecule has 3 atom stereocenters. The molecular formula is C34H36Br2N4O3. The molecule has 0 aromatic heterocycles. The Kier molecular flexibility index (Phi) is 8.00. The van der Waals surface area contributed by atoms with Gasteiger partial charge >= 0.3 is 5.97 Å². The van der Waals surface area contributed by atoms with Crippen LogP contribution in [0, 0.1) is 11.8 Å². The molecule has 0 amide bonds. The summed E-state index contributed by atoms with van der Waals surface area (Å²) in [6.45, 7) is 10.6. The Hall–Kier alpha value is -3.04. The molecule has 0 aromatic carbocycles. The van der Waals surface area contributed by atoms with Gasteiger partial charge in [0.05, 0.1) is 46.2 Å². The maximum Gasteiger partial charge on any atom is 0.305 e. The Morgan fingerprint density at radius 1 is 1.09 bits per heavy atom. The molecule has 0 radical (unpaired) electrons. The van der Waals surface area contributed by atoms with E-state index in [-0.39, 0.29) is 22.6 Å². The van der Waals surface area contributed by atoms with Crippen LogP contribution in [-0.2, 0) is 9.53 Å². The summed E-state index contributed by atoms with van der Waals surface area (Å²) in [7, 11) is 1.43. The summed E-state index contributed by atoms with van der Waals surface area (Å²) in [4.78, 5) is 27.7. The predicted molar refractivity (Wildman–Crippen MR) is 180 cm³/mol. The highest BCUT2D eigenvalue weighted by molar-refractivity contribution is 9.12. The van der Waals surface area contributed by atoms with Gasteiger partial charge in [-0.15, -0.1) is 0 Å². The Balaban J connectivity index is 1.60. The van der Waals surface area contributed by atoms with Crippen LogP contribution in [0.25, 0.3) is 0 Å². The molecule has 9 heteroatoms. The third kappa shape index (κ3) is 4.92. The number of aliphatic hydroxyl groups excluding tert-OH is 1. The second kappa shape index (κ2) is 11.5. The molecule has 1 aliphatic carbocycles. The van der Waals surface area contributed by atoms with Gasteiger partial charge in [0.15, 0.2) is 0 Å². The summed E-state index contributed by atoms with van der Waals surface area (Å²) in [5, 5.41) is 15.7. The Bertz CT molecular complexity index is 1710. The number of esters is 1. The molecule has 0 aromatic rings. The summed E-state index contributed by atoms with van der Waals surface area (Å²) in [5.41, 5.74) is 14.6. The van der Waals surface area contributed by atoms with Crippen molar-refractivity contribution in [3.8, 4) is 0 Å². The van der Waals surface area contributed by atoms with Crippen molar-refractivity contribution in [1.82, 2.24) is 5.32 Å². The molecule has 5 heterocycles. The Morgan fingerprint density at radius 3 is 2.51 bits per heavy atom. The van der Waals surface area contributed by atoms with E-state index >= 15 is 0 Å². The van der Waals surface area contributed by atoms with Gasteiger partial charge in [-0.25, -0.2) is 15.0 Å². The van der Waals surface area contributed by atoms with Gasteiger partial charge in [0.25, 0.3) is 0 Å². The molecule has 224 valence electrons. The third-order valence-corrected chi connectivity index (χ3v) is 11.7. The zero-order valence-corrected chi connectivity index (χ0v) is 28.5. The number of rotatable bonds is 6. The fourth-order valence-corrected chi connectivity index (χ4v) is 7.87. The van der Waals surface area contributed by atoms with Gasteiger partial charge in [-0.1, -0.05) is 45.7 Å². The van der Waals surface area contributed by atoms with Crippen LogP contribution in [-0.4, -0.2) is 45.5 Å². The summed E-state index contributed by atoms with van der Waals surface area (Å²) >= 11 is 7.55. The minimum Gasteiger partial charge on any atom is -0.511 e. The van der Waals surface area contributed by atoms with E-state index in [4.69, 9.17) is 19.7 Å². The van der Waals surface area contributed by atoms with Crippen LogP contribution in [0.3, 0.4) is 0 Å². The maximum absolute atomic E-state index is 12.2. The molecule has 0 spiro atoms. The zero-order chi connectivity index (χ0) is 30.7. The number of hydrogen-bond donors (Lipinski definition) is 2. The first kappa shape index (κ1) is 30.0. The van der Waals surface area contributed by atoms with E-state index in [0.717, 1.165) is 90.8 Å². The number of aliphatic hydroxyl groups is 1. The van der Waals surface area contributed by atoms with Crippen molar-refractivity contribution in [2.75, 3.05) is 12.4 Å². The van der Waals surface area contributed by atoms with Crippen molar-refractivity contribution >= 4 is 55.0 Å². The smallest absolute Gasteiger partial charge is 0.305 e. The maximum atomic E-state index is 12.2. The SMILES string of the molecule is CCC1=C(C)C2=NC1=CC1=C(C)C3=C(O)CC(=C4NC(=CC5=NC(=C2)C(C(Br)CBr)=C5C)[C@@H](C)[C@@H]4CCC(=O)OC)C3=N1. The van der Waals surface area contributed by atoms with E-state index in [1.165, 1.54) is 12.7 Å². The van der Waals surface area contributed by atoms with Crippen molar-refractivity contribution < 1.29 is 14.6 Å². The monoisotopic (exact) mass is 706 g/mol. The molecule has 43 heavy (non-hydrogen) atoms. The number of halogens is 2. The second-order valence-corrected chi connectivity index (χ2v) is 13.5. The lowest BCUT2D eigenvalue weighted by molar-refractivity contribution is -0.140. The van der Waals surface area contributed by atoms with Crippen LogP contribution in [0.2, 0.25) is 0 Å². The number of alkyl halides is 2. The number of aliphatic imine (C=N–C) groups is 3. The number of fused-ring (bicyclic) bond motifs is 5. The van der Waals surface area contributed by atoms with Crippen molar-refractivity contribution in [3.05, 3.63) is 91.5 Å². The minimum atomic E-state index is -0.229. The van der Waals surface area contributed by atoms with Crippen LogP contribution in [0.4, 0.5) is 0 Å². The van der Waals surface area contributed by atoms with Crippen LogP contribution in [0.1, 0.15) is 60.3 Å². The normalized spacial score (nSPS) is 25.2. The first-order valence-corrected chi connectivity index (χ1v) is 16.9. The van der Waals surface area contributed by atoms with Gasteiger partial charge in [0.2, 0.25) is 0 Å². The number of ether oxygens (including phenoxy) is 1. The number of nitrogens with one attached hydrogen (secondary N) is 1. The van der Waals surface area contributed by atoms with E-state index in [0.29, 0.717) is 25.0 Å². The first-order chi connectivity index (χ1) is 20.6. The van der Waals surface area contributed by atoms with E-state index in [1.807, 2.05) is 6.92 Å². The van der Waals surface area contributed by atoms with Crippen molar-refractivity contribution in [1.29, 1.82) is 0 Å². The number of nitrogens with zero attached hydrogens (tertiary/aromatic N) is 3. The minimum absolute atomic E-state index is 0.0275.